The largest absolute Gasteiger partial charge is 0.481 e. The van der Waals surface area contributed by atoms with Gasteiger partial charge in [-0.05, 0) is 55.4 Å². The average Bonchev–Trinajstić information content (AvgIpc) is 3.31. The zero-order chi connectivity index (χ0) is 22.4. The fourth-order valence-corrected chi connectivity index (χ4v) is 5.42. The Bertz CT molecular complexity index is 1080. The Morgan fingerprint density at radius 2 is 1.91 bits per heavy atom. The number of hydrazine groups is 1. The summed E-state index contributed by atoms with van der Waals surface area (Å²) in [5.41, 5.74) is 4.33. The topological polar surface area (TPSA) is 81.5 Å². The van der Waals surface area contributed by atoms with Crippen LogP contribution in [0.5, 0.6) is 5.88 Å². The van der Waals surface area contributed by atoms with Crippen LogP contribution in [0.1, 0.15) is 19.3 Å². The number of fused-ring (bicyclic) bond motifs is 3. The first-order chi connectivity index (χ1) is 16.2. The molecule has 3 aliphatic heterocycles. The van der Waals surface area contributed by atoms with Gasteiger partial charge in [0.2, 0.25) is 17.8 Å². The van der Waals surface area contributed by atoms with Crippen molar-refractivity contribution in [3.63, 3.8) is 0 Å². The lowest BCUT2D eigenvalue weighted by molar-refractivity contribution is 0.346. The van der Waals surface area contributed by atoms with Crippen LogP contribution in [0.25, 0.3) is 0 Å². The van der Waals surface area contributed by atoms with Crippen LogP contribution in [-0.2, 0) is 0 Å². The van der Waals surface area contributed by atoms with E-state index in [1.165, 1.54) is 12.1 Å². The predicted molar refractivity (Wildman–Crippen MR) is 124 cm³/mol. The molecular weight excluding hydrogens is 423 g/mol. The number of rotatable bonds is 4. The van der Waals surface area contributed by atoms with E-state index >= 15 is 0 Å². The Morgan fingerprint density at radius 3 is 2.67 bits per heavy atom. The first kappa shape index (κ1) is 20.2. The number of methoxy groups -OCH3 is 1. The summed E-state index contributed by atoms with van der Waals surface area (Å²) >= 11 is 0. The van der Waals surface area contributed by atoms with Crippen molar-refractivity contribution in [1.29, 1.82) is 0 Å². The molecule has 4 aliphatic rings. The second kappa shape index (κ2) is 8.17. The molecule has 0 radical (unpaired) electrons. The number of aliphatic imine (C=N–C) groups is 2. The number of nitrogens with one attached hydrogen (secondary N) is 1. The molecule has 33 heavy (non-hydrogen) atoms. The van der Waals surface area contributed by atoms with E-state index < -0.39 is 0 Å². The van der Waals surface area contributed by atoms with Crippen LogP contribution in [0.15, 0.2) is 46.6 Å². The van der Waals surface area contributed by atoms with Crippen molar-refractivity contribution in [2.75, 3.05) is 43.1 Å². The predicted octanol–water partition coefficient (Wildman–Crippen LogP) is 2.28. The van der Waals surface area contributed by atoms with Gasteiger partial charge >= 0.3 is 0 Å². The minimum Gasteiger partial charge on any atom is -0.481 e. The summed E-state index contributed by atoms with van der Waals surface area (Å²) in [6.45, 7) is 3.46. The van der Waals surface area contributed by atoms with Gasteiger partial charge < -0.3 is 9.64 Å². The Labute approximate surface area is 192 Å². The van der Waals surface area contributed by atoms with Crippen LogP contribution in [0.2, 0.25) is 0 Å². The SMILES string of the molecule is COc1cc(N2CC3CCC(C2)C3N=C2NN3CCCN=C3N2c2ccc(F)cc2)ncn1. The molecule has 1 aliphatic carbocycles. The Hall–Kier alpha value is -3.43. The van der Waals surface area contributed by atoms with Crippen LogP contribution < -0.4 is 20.0 Å². The van der Waals surface area contributed by atoms with E-state index in [-0.39, 0.29) is 11.9 Å². The van der Waals surface area contributed by atoms with Gasteiger partial charge in [0, 0.05) is 32.2 Å². The molecule has 3 fully saturated rings. The highest BCUT2D eigenvalue weighted by atomic mass is 19.1. The maximum atomic E-state index is 13.6. The van der Waals surface area contributed by atoms with E-state index in [2.05, 4.69) is 25.3 Å². The highest BCUT2D eigenvalue weighted by Gasteiger charge is 2.44. The van der Waals surface area contributed by atoms with Crippen LogP contribution >= 0.6 is 0 Å². The molecule has 4 heterocycles. The summed E-state index contributed by atoms with van der Waals surface area (Å²) in [7, 11) is 1.62. The van der Waals surface area contributed by atoms with Crippen molar-refractivity contribution < 1.29 is 9.13 Å². The van der Waals surface area contributed by atoms with Gasteiger partial charge in [-0.2, -0.15) is 0 Å². The zero-order valence-electron chi connectivity index (χ0n) is 18.6. The summed E-state index contributed by atoms with van der Waals surface area (Å²) in [5.74, 6) is 3.73. The van der Waals surface area contributed by atoms with Crippen molar-refractivity contribution in [1.82, 2.24) is 20.4 Å². The summed E-state index contributed by atoms with van der Waals surface area (Å²) in [6.07, 6.45) is 4.84. The number of halogens is 1. The lowest BCUT2D eigenvalue weighted by Gasteiger charge is -2.37. The summed E-state index contributed by atoms with van der Waals surface area (Å²) in [5, 5.41) is 2.05. The lowest BCUT2D eigenvalue weighted by Crippen LogP contribution is -2.46. The number of hydrogen-bond acceptors (Lipinski definition) is 7. The van der Waals surface area contributed by atoms with Gasteiger partial charge in [0.15, 0.2) is 0 Å². The van der Waals surface area contributed by atoms with Crippen molar-refractivity contribution >= 4 is 23.4 Å². The molecule has 0 spiro atoms. The molecule has 2 bridgehead atoms. The number of anilines is 2. The molecule has 172 valence electrons. The molecule has 1 aromatic carbocycles. The number of benzene rings is 1. The van der Waals surface area contributed by atoms with Crippen molar-refractivity contribution in [3.05, 3.63) is 42.5 Å². The quantitative estimate of drug-likeness (QED) is 0.765. The summed E-state index contributed by atoms with van der Waals surface area (Å²) < 4.78 is 18.9. The van der Waals surface area contributed by atoms with E-state index in [1.54, 1.807) is 25.6 Å². The molecule has 6 rings (SSSR count). The van der Waals surface area contributed by atoms with Crippen LogP contribution in [0.4, 0.5) is 15.9 Å². The van der Waals surface area contributed by atoms with Crippen LogP contribution in [0, 0.1) is 17.7 Å². The highest BCUT2D eigenvalue weighted by Crippen LogP contribution is 2.41. The van der Waals surface area contributed by atoms with Crippen LogP contribution in [-0.4, -0.2) is 66.2 Å². The summed E-state index contributed by atoms with van der Waals surface area (Å²) in [4.78, 5) is 23.0. The number of guanidine groups is 2. The van der Waals surface area contributed by atoms with E-state index in [0.29, 0.717) is 17.7 Å². The number of piperidine rings is 1. The third-order valence-electron chi connectivity index (χ3n) is 6.98. The second-order valence-corrected chi connectivity index (χ2v) is 8.97. The smallest absolute Gasteiger partial charge is 0.227 e. The maximum Gasteiger partial charge on any atom is 0.227 e. The fraction of sp³-hybridized carbons (Fsp3) is 0.478. The Kier molecular flexibility index (Phi) is 5.00. The van der Waals surface area contributed by atoms with Crippen molar-refractivity contribution in [3.8, 4) is 5.88 Å². The zero-order valence-corrected chi connectivity index (χ0v) is 18.6. The van der Waals surface area contributed by atoms with Crippen molar-refractivity contribution in [2.24, 2.45) is 21.8 Å². The van der Waals surface area contributed by atoms with E-state index in [4.69, 9.17) is 14.7 Å². The molecule has 1 N–H and O–H groups in total. The number of aromatic nitrogens is 2. The summed E-state index contributed by atoms with van der Waals surface area (Å²) in [6, 6.07) is 8.65. The first-order valence-electron chi connectivity index (χ1n) is 11.5. The third-order valence-corrected chi connectivity index (χ3v) is 6.98. The highest BCUT2D eigenvalue weighted by molar-refractivity contribution is 6.21. The molecule has 9 nitrogen and oxygen atoms in total. The fourth-order valence-electron chi connectivity index (χ4n) is 5.42. The van der Waals surface area contributed by atoms with Gasteiger partial charge in [0.05, 0.1) is 18.8 Å². The molecule has 1 aromatic heterocycles. The van der Waals surface area contributed by atoms with Crippen molar-refractivity contribution in [2.45, 2.75) is 25.3 Å². The van der Waals surface area contributed by atoms with E-state index in [9.17, 15) is 4.39 Å². The molecule has 2 aromatic rings. The average molecular weight is 451 g/mol. The first-order valence-corrected chi connectivity index (χ1v) is 11.5. The third kappa shape index (κ3) is 3.63. The lowest BCUT2D eigenvalue weighted by atomic mass is 9.92. The number of ether oxygens (including phenoxy) is 1. The van der Waals surface area contributed by atoms with Crippen LogP contribution in [0.3, 0.4) is 0 Å². The normalized spacial score (nSPS) is 27.5. The molecular formula is C23H27FN8O. The minimum atomic E-state index is -0.251. The van der Waals surface area contributed by atoms with Gasteiger partial charge in [-0.1, -0.05) is 0 Å². The standard InChI is InChI=1S/C23H27FN8O/c1-33-20-11-19(26-14-27-20)30-12-15-3-4-16(13-30)21(15)28-22-29-31-10-2-9-25-23(31)32(22)18-7-5-17(24)6-8-18/h5-8,11,14-16,21H,2-4,9-10,12-13H2,1H3,(H,28,29). The number of hydrogen-bond donors (Lipinski definition) is 1. The van der Waals surface area contributed by atoms with Gasteiger partial charge in [-0.15, -0.1) is 0 Å². The monoisotopic (exact) mass is 450 g/mol. The Balaban J connectivity index is 1.28. The second-order valence-electron chi connectivity index (χ2n) is 8.97. The maximum absolute atomic E-state index is 13.6. The van der Waals surface area contributed by atoms with Gasteiger partial charge in [0.1, 0.15) is 18.0 Å². The van der Waals surface area contributed by atoms with E-state index in [1.807, 2.05) is 11.0 Å². The van der Waals surface area contributed by atoms with Gasteiger partial charge in [0.25, 0.3) is 0 Å². The molecule has 0 amide bonds. The Morgan fingerprint density at radius 1 is 1.12 bits per heavy atom. The number of nitrogens with zero attached hydrogens (tertiary/aromatic N) is 7. The molecule has 1 saturated carbocycles. The van der Waals surface area contributed by atoms with Gasteiger partial charge in [-0.3, -0.25) is 15.4 Å². The molecule has 2 atom stereocenters. The van der Waals surface area contributed by atoms with E-state index in [0.717, 1.165) is 68.9 Å². The molecule has 2 unspecified atom stereocenters. The molecule has 10 heteroatoms. The van der Waals surface area contributed by atoms with Gasteiger partial charge in [-0.25, -0.2) is 24.3 Å². The minimum absolute atomic E-state index is 0.220. The molecule has 2 saturated heterocycles.